The lowest BCUT2D eigenvalue weighted by Crippen LogP contribution is -2.13. The van der Waals surface area contributed by atoms with Crippen LogP contribution in [0.4, 0.5) is 19.1 Å². The Balaban J connectivity index is 2.23. The second-order valence-corrected chi connectivity index (χ2v) is 3.95. The van der Waals surface area contributed by atoms with Gasteiger partial charge in [-0.1, -0.05) is 6.07 Å². The lowest BCUT2D eigenvalue weighted by molar-refractivity contribution is -0.138. The molecule has 0 unspecified atom stereocenters. The van der Waals surface area contributed by atoms with Gasteiger partial charge in [-0.15, -0.1) is 0 Å². The van der Waals surface area contributed by atoms with Crippen molar-refractivity contribution in [3.63, 3.8) is 0 Å². The lowest BCUT2D eigenvalue weighted by atomic mass is 10.1. The Morgan fingerprint density at radius 3 is 2.50 bits per heavy atom. The molecule has 0 atom stereocenters. The predicted octanol–water partition coefficient (Wildman–Crippen LogP) is 3.12. The van der Waals surface area contributed by atoms with Gasteiger partial charge in [0.2, 0.25) is 5.95 Å². The molecular formula is C13H12F3N3O. The Morgan fingerprint density at radius 2 is 1.90 bits per heavy atom. The van der Waals surface area contributed by atoms with Crippen LogP contribution in [0.25, 0.3) is 0 Å². The van der Waals surface area contributed by atoms with Crippen LogP contribution in [0, 0.1) is 0 Å². The van der Waals surface area contributed by atoms with E-state index >= 15 is 0 Å². The molecule has 20 heavy (non-hydrogen) atoms. The molecule has 0 saturated carbocycles. The Bertz CT molecular complexity index is 573. The average molecular weight is 283 g/mol. The molecule has 0 radical (unpaired) electrons. The minimum absolute atomic E-state index is 0.0249. The fourth-order valence-corrected chi connectivity index (χ4v) is 1.67. The van der Waals surface area contributed by atoms with Crippen LogP contribution < -0.4 is 10.1 Å². The molecule has 0 bridgehead atoms. The van der Waals surface area contributed by atoms with Crippen molar-refractivity contribution in [2.75, 3.05) is 12.4 Å². The molecule has 4 nitrogen and oxygen atoms in total. The molecule has 106 valence electrons. The highest BCUT2D eigenvalue weighted by Gasteiger charge is 2.33. The van der Waals surface area contributed by atoms with Crippen LogP contribution in [0.3, 0.4) is 0 Å². The van der Waals surface area contributed by atoms with Gasteiger partial charge in [0.25, 0.3) is 0 Å². The van der Waals surface area contributed by atoms with Crippen LogP contribution in [0.15, 0.2) is 36.7 Å². The van der Waals surface area contributed by atoms with Gasteiger partial charge in [0.1, 0.15) is 5.75 Å². The van der Waals surface area contributed by atoms with E-state index < -0.39 is 11.7 Å². The molecule has 0 aliphatic carbocycles. The third-order valence-electron chi connectivity index (χ3n) is 2.63. The zero-order valence-electron chi connectivity index (χ0n) is 10.6. The predicted molar refractivity (Wildman–Crippen MR) is 67.4 cm³/mol. The summed E-state index contributed by atoms with van der Waals surface area (Å²) in [5.41, 5.74) is -0.633. The summed E-state index contributed by atoms with van der Waals surface area (Å²) in [5.74, 6) is 0.438. The minimum Gasteiger partial charge on any atom is -0.497 e. The van der Waals surface area contributed by atoms with Crippen molar-refractivity contribution in [3.8, 4) is 5.75 Å². The highest BCUT2D eigenvalue weighted by molar-refractivity contribution is 5.39. The third kappa shape index (κ3) is 3.37. The maximum atomic E-state index is 13.0. The summed E-state index contributed by atoms with van der Waals surface area (Å²) in [6.45, 7) is -0.0249. The smallest absolute Gasteiger partial charge is 0.416 e. The van der Waals surface area contributed by atoms with Gasteiger partial charge in [-0.2, -0.15) is 13.2 Å². The van der Waals surface area contributed by atoms with Gasteiger partial charge < -0.3 is 10.1 Å². The van der Waals surface area contributed by atoms with E-state index in [-0.39, 0.29) is 23.8 Å². The third-order valence-corrected chi connectivity index (χ3v) is 2.63. The minimum atomic E-state index is -4.44. The summed E-state index contributed by atoms with van der Waals surface area (Å²) >= 11 is 0. The van der Waals surface area contributed by atoms with E-state index in [4.69, 9.17) is 4.74 Å². The van der Waals surface area contributed by atoms with E-state index in [9.17, 15) is 13.2 Å². The van der Waals surface area contributed by atoms with Crippen LogP contribution in [0.1, 0.15) is 11.1 Å². The first-order valence-corrected chi connectivity index (χ1v) is 5.75. The number of hydrogen-bond acceptors (Lipinski definition) is 4. The topological polar surface area (TPSA) is 47.0 Å². The van der Waals surface area contributed by atoms with Crippen LogP contribution in [0.2, 0.25) is 0 Å². The molecule has 1 aromatic heterocycles. The number of hydrogen-bond donors (Lipinski definition) is 1. The summed E-state index contributed by atoms with van der Waals surface area (Å²) in [6.07, 6.45) is -1.43. The first kappa shape index (κ1) is 14.1. The number of anilines is 1. The molecule has 2 aromatic rings. The molecule has 1 heterocycles. The van der Waals surface area contributed by atoms with Gasteiger partial charge >= 0.3 is 6.18 Å². The van der Waals surface area contributed by atoms with Crippen molar-refractivity contribution in [2.45, 2.75) is 12.7 Å². The van der Waals surface area contributed by atoms with E-state index in [0.717, 1.165) is 6.07 Å². The molecule has 0 aliphatic heterocycles. The van der Waals surface area contributed by atoms with Crippen LogP contribution >= 0.6 is 0 Å². The highest BCUT2D eigenvalue weighted by atomic mass is 19.4. The monoisotopic (exact) mass is 283 g/mol. The number of rotatable bonds is 4. The normalized spacial score (nSPS) is 11.2. The lowest BCUT2D eigenvalue weighted by Gasteiger charge is -2.14. The Morgan fingerprint density at radius 1 is 1.20 bits per heavy atom. The first-order chi connectivity index (χ1) is 9.50. The van der Waals surface area contributed by atoms with Gasteiger partial charge in [-0.25, -0.2) is 9.97 Å². The van der Waals surface area contributed by atoms with Gasteiger partial charge in [-0.3, -0.25) is 0 Å². The molecule has 0 fully saturated rings. The molecule has 0 amide bonds. The maximum Gasteiger partial charge on any atom is 0.416 e. The molecule has 1 N–H and O–H groups in total. The second kappa shape index (κ2) is 5.77. The van der Waals surface area contributed by atoms with Gasteiger partial charge in [0, 0.05) is 18.9 Å². The van der Waals surface area contributed by atoms with E-state index in [0.29, 0.717) is 0 Å². The van der Waals surface area contributed by atoms with E-state index in [1.54, 1.807) is 6.07 Å². The van der Waals surface area contributed by atoms with Crippen LogP contribution in [-0.4, -0.2) is 17.1 Å². The van der Waals surface area contributed by atoms with Crippen molar-refractivity contribution < 1.29 is 17.9 Å². The quantitative estimate of drug-likeness (QED) is 0.936. The van der Waals surface area contributed by atoms with Crippen molar-refractivity contribution >= 4 is 5.95 Å². The highest BCUT2D eigenvalue weighted by Crippen LogP contribution is 2.34. The van der Waals surface area contributed by atoms with Gasteiger partial charge in [-0.05, 0) is 23.8 Å². The van der Waals surface area contributed by atoms with Crippen molar-refractivity contribution in [2.24, 2.45) is 0 Å². The van der Waals surface area contributed by atoms with E-state index in [1.165, 1.54) is 31.6 Å². The Hall–Kier alpha value is -2.31. The molecule has 0 aliphatic rings. The SMILES string of the molecule is COc1ccc(CNc2ncccn2)c(C(F)(F)F)c1. The number of alkyl halides is 3. The standard InChI is InChI=1S/C13H12F3N3O/c1-20-10-4-3-9(11(7-10)13(14,15)16)8-19-12-17-5-2-6-18-12/h2-7H,8H2,1H3,(H,17,18,19). The van der Waals surface area contributed by atoms with E-state index in [2.05, 4.69) is 15.3 Å². The number of methoxy groups -OCH3 is 1. The van der Waals surface area contributed by atoms with Crippen LogP contribution in [0.5, 0.6) is 5.75 Å². The zero-order chi connectivity index (χ0) is 14.6. The Labute approximate surface area is 113 Å². The summed E-state index contributed by atoms with van der Waals surface area (Å²) in [4.78, 5) is 7.78. The van der Waals surface area contributed by atoms with Crippen molar-refractivity contribution in [3.05, 3.63) is 47.8 Å². The zero-order valence-corrected chi connectivity index (χ0v) is 10.6. The fraction of sp³-hybridized carbons (Fsp3) is 0.231. The second-order valence-electron chi connectivity index (χ2n) is 3.95. The molecular weight excluding hydrogens is 271 g/mol. The average Bonchev–Trinajstić information content (AvgIpc) is 2.45. The van der Waals surface area contributed by atoms with Crippen LogP contribution in [-0.2, 0) is 12.7 Å². The molecule has 0 spiro atoms. The number of nitrogens with one attached hydrogen (secondary N) is 1. The van der Waals surface area contributed by atoms with Crippen molar-refractivity contribution in [1.29, 1.82) is 0 Å². The summed E-state index contributed by atoms with van der Waals surface area (Å²) in [6, 6.07) is 5.46. The summed E-state index contributed by atoms with van der Waals surface area (Å²) < 4.78 is 43.8. The molecule has 1 aromatic carbocycles. The largest absolute Gasteiger partial charge is 0.497 e. The molecule has 7 heteroatoms. The van der Waals surface area contributed by atoms with Gasteiger partial charge in [0.15, 0.2) is 0 Å². The maximum absolute atomic E-state index is 13.0. The summed E-state index contributed by atoms with van der Waals surface area (Å²) in [5, 5.41) is 2.75. The first-order valence-electron chi connectivity index (χ1n) is 5.75. The summed E-state index contributed by atoms with van der Waals surface area (Å²) in [7, 11) is 1.32. The number of ether oxygens (including phenoxy) is 1. The van der Waals surface area contributed by atoms with Gasteiger partial charge in [0.05, 0.1) is 12.7 Å². The molecule has 0 saturated heterocycles. The fourth-order valence-electron chi connectivity index (χ4n) is 1.67. The number of halogens is 3. The number of nitrogens with zero attached hydrogens (tertiary/aromatic N) is 2. The number of benzene rings is 1. The Kier molecular flexibility index (Phi) is 4.07. The van der Waals surface area contributed by atoms with E-state index in [1.807, 2.05) is 0 Å². The molecule has 2 rings (SSSR count). The van der Waals surface area contributed by atoms with Crippen molar-refractivity contribution in [1.82, 2.24) is 9.97 Å². The number of aromatic nitrogens is 2.